The van der Waals surface area contributed by atoms with Crippen LogP contribution in [0.3, 0.4) is 0 Å². The molecule has 1 heterocycles. The Morgan fingerprint density at radius 2 is 2.25 bits per heavy atom. The highest BCUT2D eigenvalue weighted by Gasteiger charge is 2.24. The Labute approximate surface area is 96.8 Å². The van der Waals surface area contributed by atoms with Crippen molar-refractivity contribution in [1.82, 2.24) is 5.32 Å². The van der Waals surface area contributed by atoms with Crippen molar-refractivity contribution in [2.24, 2.45) is 5.92 Å². The van der Waals surface area contributed by atoms with Crippen LogP contribution in [0.4, 0.5) is 0 Å². The van der Waals surface area contributed by atoms with Crippen molar-refractivity contribution >= 4 is 0 Å². The lowest BCUT2D eigenvalue weighted by atomic mass is 10.00. The zero-order valence-electron chi connectivity index (χ0n) is 9.69. The quantitative estimate of drug-likeness (QED) is 0.820. The minimum atomic E-state index is 0.378. The predicted molar refractivity (Wildman–Crippen MR) is 63.7 cm³/mol. The predicted octanol–water partition coefficient (Wildman–Crippen LogP) is 1.69. The summed E-state index contributed by atoms with van der Waals surface area (Å²) in [5.41, 5.74) is 0. The van der Waals surface area contributed by atoms with Crippen molar-refractivity contribution in [2.45, 2.75) is 12.5 Å². The standard InChI is InChI=1S/C13H19NO2/c1-14-13(11-7-8-15-9-11)10-16-12-5-3-2-4-6-12/h2-6,11,13-14H,7-10H2,1H3. The number of ether oxygens (including phenoxy) is 2. The summed E-state index contributed by atoms with van der Waals surface area (Å²) in [6.07, 6.45) is 1.13. The molecule has 0 aliphatic carbocycles. The molecule has 88 valence electrons. The van der Waals surface area contributed by atoms with Crippen molar-refractivity contribution in [3.05, 3.63) is 30.3 Å². The largest absolute Gasteiger partial charge is 0.492 e. The van der Waals surface area contributed by atoms with Crippen LogP contribution in [0.2, 0.25) is 0 Å². The minimum Gasteiger partial charge on any atom is -0.492 e. The fraction of sp³-hybridized carbons (Fsp3) is 0.538. The molecule has 3 nitrogen and oxygen atoms in total. The summed E-state index contributed by atoms with van der Waals surface area (Å²) in [5, 5.41) is 3.31. The van der Waals surface area contributed by atoms with E-state index in [9.17, 15) is 0 Å². The Bertz CT molecular complexity index is 296. The fourth-order valence-corrected chi connectivity index (χ4v) is 2.03. The zero-order chi connectivity index (χ0) is 11.2. The molecule has 1 saturated heterocycles. The van der Waals surface area contributed by atoms with E-state index in [-0.39, 0.29) is 0 Å². The van der Waals surface area contributed by atoms with Crippen LogP contribution in [-0.2, 0) is 4.74 Å². The summed E-state index contributed by atoms with van der Waals surface area (Å²) in [6, 6.07) is 10.3. The molecule has 0 spiro atoms. The summed E-state index contributed by atoms with van der Waals surface area (Å²) in [6.45, 7) is 2.44. The molecule has 1 N–H and O–H groups in total. The maximum Gasteiger partial charge on any atom is 0.119 e. The van der Waals surface area contributed by atoms with Gasteiger partial charge in [-0.25, -0.2) is 0 Å². The molecular weight excluding hydrogens is 202 g/mol. The third-order valence-electron chi connectivity index (χ3n) is 3.08. The second-order valence-electron chi connectivity index (χ2n) is 4.14. The van der Waals surface area contributed by atoms with Gasteiger partial charge >= 0.3 is 0 Å². The van der Waals surface area contributed by atoms with Gasteiger partial charge in [-0.05, 0) is 25.6 Å². The van der Waals surface area contributed by atoms with E-state index in [2.05, 4.69) is 5.32 Å². The number of hydrogen-bond acceptors (Lipinski definition) is 3. The van der Waals surface area contributed by atoms with Crippen molar-refractivity contribution in [3.8, 4) is 5.75 Å². The van der Waals surface area contributed by atoms with E-state index in [0.717, 1.165) is 25.4 Å². The summed E-state index contributed by atoms with van der Waals surface area (Å²) in [4.78, 5) is 0. The lowest BCUT2D eigenvalue weighted by Crippen LogP contribution is -2.39. The summed E-state index contributed by atoms with van der Waals surface area (Å²) < 4.78 is 11.1. The number of benzene rings is 1. The summed E-state index contributed by atoms with van der Waals surface area (Å²) in [7, 11) is 1.98. The van der Waals surface area contributed by atoms with E-state index < -0.39 is 0 Å². The normalized spacial score (nSPS) is 21.9. The molecule has 0 amide bonds. The van der Waals surface area contributed by atoms with E-state index >= 15 is 0 Å². The van der Waals surface area contributed by atoms with Gasteiger partial charge in [0.2, 0.25) is 0 Å². The number of para-hydroxylation sites is 1. The average molecular weight is 221 g/mol. The molecule has 1 fully saturated rings. The Morgan fingerprint density at radius 1 is 1.44 bits per heavy atom. The number of likely N-dealkylation sites (N-methyl/N-ethyl adjacent to an activating group) is 1. The second kappa shape index (κ2) is 5.87. The van der Waals surface area contributed by atoms with E-state index in [1.54, 1.807) is 0 Å². The average Bonchev–Trinajstić information content (AvgIpc) is 2.85. The van der Waals surface area contributed by atoms with Gasteiger partial charge in [-0.3, -0.25) is 0 Å². The van der Waals surface area contributed by atoms with Crippen LogP contribution in [0.25, 0.3) is 0 Å². The zero-order valence-corrected chi connectivity index (χ0v) is 9.69. The van der Waals surface area contributed by atoms with Gasteiger partial charge in [0.15, 0.2) is 0 Å². The number of rotatable bonds is 5. The molecule has 16 heavy (non-hydrogen) atoms. The SMILES string of the molecule is CNC(COc1ccccc1)C1CCOC1. The van der Waals surface area contributed by atoms with Crippen LogP contribution >= 0.6 is 0 Å². The van der Waals surface area contributed by atoms with E-state index in [0.29, 0.717) is 18.6 Å². The molecule has 3 heteroatoms. The molecule has 0 aromatic heterocycles. The van der Waals surface area contributed by atoms with Gasteiger partial charge in [0.25, 0.3) is 0 Å². The highest BCUT2D eigenvalue weighted by molar-refractivity contribution is 5.20. The third kappa shape index (κ3) is 2.97. The first kappa shape index (κ1) is 11.4. The van der Waals surface area contributed by atoms with Gasteiger partial charge in [-0.2, -0.15) is 0 Å². The first-order chi connectivity index (χ1) is 7.90. The maximum absolute atomic E-state index is 5.75. The van der Waals surface area contributed by atoms with Crippen LogP contribution in [0.1, 0.15) is 6.42 Å². The van der Waals surface area contributed by atoms with Crippen molar-refractivity contribution in [1.29, 1.82) is 0 Å². The lowest BCUT2D eigenvalue weighted by Gasteiger charge is -2.21. The van der Waals surface area contributed by atoms with E-state index in [1.807, 2.05) is 37.4 Å². The molecule has 2 atom stereocenters. The van der Waals surface area contributed by atoms with Crippen LogP contribution in [-0.4, -0.2) is 32.9 Å². The summed E-state index contributed by atoms with van der Waals surface area (Å²) >= 11 is 0. The van der Waals surface area contributed by atoms with Gasteiger partial charge in [-0.1, -0.05) is 18.2 Å². The van der Waals surface area contributed by atoms with Gasteiger partial charge < -0.3 is 14.8 Å². The fourth-order valence-electron chi connectivity index (χ4n) is 2.03. The Balaban J connectivity index is 1.83. The van der Waals surface area contributed by atoms with Gasteiger partial charge in [-0.15, -0.1) is 0 Å². The minimum absolute atomic E-state index is 0.378. The van der Waals surface area contributed by atoms with E-state index in [4.69, 9.17) is 9.47 Å². The smallest absolute Gasteiger partial charge is 0.119 e. The monoisotopic (exact) mass is 221 g/mol. The highest BCUT2D eigenvalue weighted by atomic mass is 16.5. The highest BCUT2D eigenvalue weighted by Crippen LogP contribution is 2.18. The maximum atomic E-state index is 5.75. The molecule has 1 aliphatic heterocycles. The number of nitrogens with one attached hydrogen (secondary N) is 1. The van der Waals surface area contributed by atoms with Crippen LogP contribution in [0, 0.1) is 5.92 Å². The molecule has 1 aliphatic rings. The van der Waals surface area contributed by atoms with Crippen LogP contribution in [0.5, 0.6) is 5.75 Å². The van der Waals surface area contributed by atoms with Crippen molar-refractivity contribution in [2.75, 3.05) is 26.9 Å². The van der Waals surface area contributed by atoms with Gasteiger partial charge in [0.1, 0.15) is 12.4 Å². The molecular formula is C13H19NO2. The first-order valence-electron chi connectivity index (χ1n) is 5.83. The molecule has 0 saturated carbocycles. The van der Waals surface area contributed by atoms with Gasteiger partial charge in [0.05, 0.1) is 6.61 Å². The summed E-state index contributed by atoms with van der Waals surface area (Å²) in [5.74, 6) is 1.51. The first-order valence-corrected chi connectivity index (χ1v) is 5.83. The molecule has 2 unspecified atom stereocenters. The Morgan fingerprint density at radius 3 is 2.88 bits per heavy atom. The Hall–Kier alpha value is -1.06. The van der Waals surface area contributed by atoms with Crippen molar-refractivity contribution in [3.63, 3.8) is 0 Å². The van der Waals surface area contributed by atoms with Gasteiger partial charge in [0, 0.05) is 18.6 Å². The topological polar surface area (TPSA) is 30.5 Å². The van der Waals surface area contributed by atoms with Crippen molar-refractivity contribution < 1.29 is 9.47 Å². The van der Waals surface area contributed by atoms with E-state index in [1.165, 1.54) is 0 Å². The molecule has 1 aromatic rings. The molecule has 1 aromatic carbocycles. The number of hydrogen-bond donors (Lipinski definition) is 1. The third-order valence-corrected chi connectivity index (χ3v) is 3.08. The van der Waals surface area contributed by atoms with Crippen LogP contribution < -0.4 is 10.1 Å². The second-order valence-corrected chi connectivity index (χ2v) is 4.14. The molecule has 0 bridgehead atoms. The van der Waals surface area contributed by atoms with Crippen LogP contribution in [0.15, 0.2) is 30.3 Å². The molecule has 2 rings (SSSR count). The molecule has 0 radical (unpaired) electrons. The lowest BCUT2D eigenvalue weighted by molar-refractivity contribution is 0.162. The Kier molecular flexibility index (Phi) is 4.19.